The third-order valence-electron chi connectivity index (χ3n) is 5.45. The van der Waals surface area contributed by atoms with Crippen LogP contribution in [-0.4, -0.2) is 31.4 Å². The summed E-state index contributed by atoms with van der Waals surface area (Å²) in [6.45, 7) is 2.62. The molecule has 7 nitrogen and oxygen atoms in total. The molecule has 3 aromatic rings. The van der Waals surface area contributed by atoms with Gasteiger partial charge in [-0.15, -0.1) is 0 Å². The second-order valence-electron chi connectivity index (χ2n) is 7.78. The van der Waals surface area contributed by atoms with Crippen molar-refractivity contribution in [1.82, 2.24) is 5.32 Å². The van der Waals surface area contributed by atoms with Crippen molar-refractivity contribution in [2.24, 2.45) is 0 Å². The topological polar surface area (TPSA) is 96.5 Å². The van der Waals surface area contributed by atoms with Crippen molar-refractivity contribution in [2.45, 2.75) is 13.3 Å². The molecule has 3 N–H and O–H groups in total. The van der Waals surface area contributed by atoms with E-state index in [2.05, 4.69) is 16.0 Å². The number of carbonyl (C=O) groups excluding carboxylic acids is 3. The molecule has 0 fully saturated rings. The molecule has 4 rings (SSSR count). The van der Waals surface area contributed by atoms with Gasteiger partial charge in [0.25, 0.3) is 11.8 Å². The van der Waals surface area contributed by atoms with Crippen LogP contribution in [0.3, 0.4) is 0 Å². The Morgan fingerprint density at radius 3 is 2.29 bits per heavy atom. The number of hydrogen-bond acceptors (Lipinski definition) is 5. The van der Waals surface area contributed by atoms with Crippen LogP contribution in [0.1, 0.15) is 45.2 Å². The Bertz CT molecular complexity index is 1260. The molecule has 0 unspecified atom stereocenters. The van der Waals surface area contributed by atoms with Crippen molar-refractivity contribution >= 4 is 40.4 Å². The Morgan fingerprint density at radius 1 is 0.912 bits per heavy atom. The predicted molar refractivity (Wildman–Crippen MR) is 132 cm³/mol. The van der Waals surface area contributed by atoms with Gasteiger partial charge in [-0.2, -0.15) is 0 Å². The van der Waals surface area contributed by atoms with E-state index >= 15 is 0 Å². The van der Waals surface area contributed by atoms with Crippen LogP contribution < -0.4 is 16.0 Å². The molecule has 0 atom stereocenters. The van der Waals surface area contributed by atoms with Crippen LogP contribution in [0.25, 0.3) is 11.3 Å². The van der Waals surface area contributed by atoms with Gasteiger partial charge in [0.1, 0.15) is 0 Å². The molecule has 7 heteroatoms. The lowest BCUT2D eigenvalue weighted by atomic mass is 9.99. The van der Waals surface area contributed by atoms with Crippen LogP contribution in [0.15, 0.2) is 72.8 Å². The second kappa shape index (κ2) is 10.0. The van der Waals surface area contributed by atoms with E-state index in [-0.39, 0.29) is 11.8 Å². The van der Waals surface area contributed by atoms with Gasteiger partial charge in [-0.25, -0.2) is 4.79 Å². The molecule has 0 spiro atoms. The number of fused-ring (bicyclic) bond motifs is 1. The third kappa shape index (κ3) is 4.68. The molecule has 3 aromatic carbocycles. The minimum absolute atomic E-state index is 0.124. The van der Waals surface area contributed by atoms with E-state index in [0.717, 1.165) is 17.7 Å². The third-order valence-corrected chi connectivity index (χ3v) is 5.45. The Morgan fingerprint density at radius 2 is 1.62 bits per heavy atom. The molecular formula is C27H25N3O4. The van der Waals surface area contributed by atoms with Gasteiger partial charge in [0.05, 0.1) is 29.6 Å². The van der Waals surface area contributed by atoms with Crippen molar-refractivity contribution in [2.75, 3.05) is 24.3 Å². The van der Waals surface area contributed by atoms with E-state index in [0.29, 0.717) is 40.2 Å². The fourth-order valence-corrected chi connectivity index (χ4v) is 3.74. The Hall–Kier alpha value is -4.39. The first-order chi connectivity index (χ1) is 16.5. The molecule has 0 bridgehead atoms. The lowest BCUT2D eigenvalue weighted by Gasteiger charge is -2.15. The first kappa shape index (κ1) is 22.8. The molecule has 1 heterocycles. The number of amides is 2. The zero-order valence-corrected chi connectivity index (χ0v) is 19.0. The largest absolute Gasteiger partial charge is 0.465 e. The highest BCUT2D eigenvalue weighted by Crippen LogP contribution is 2.38. The van der Waals surface area contributed by atoms with Gasteiger partial charge >= 0.3 is 5.97 Å². The van der Waals surface area contributed by atoms with E-state index in [1.54, 1.807) is 42.5 Å². The van der Waals surface area contributed by atoms with Crippen LogP contribution in [0.5, 0.6) is 0 Å². The summed E-state index contributed by atoms with van der Waals surface area (Å²) in [5, 5.41) is 9.07. The summed E-state index contributed by atoms with van der Waals surface area (Å²) in [5.41, 5.74) is 4.77. The van der Waals surface area contributed by atoms with Crippen LogP contribution in [0.4, 0.5) is 11.4 Å². The number of anilines is 2. The maximum Gasteiger partial charge on any atom is 0.337 e. The molecule has 172 valence electrons. The van der Waals surface area contributed by atoms with Crippen LogP contribution in [-0.2, 0) is 9.53 Å². The van der Waals surface area contributed by atoms with Crippen LogP contribution in [0, 0.1) is 0 Å². The summed E-state index contributed by atoms with van der Waals surface area (Å²) in [6.07, 6.45) is 0.865. The number of esters is 1. The van der Waals surface area contributed by atoms with Gasteiger partial charge in [-0.05, 0) is 48.4 Å². The maximum atomic E-state index is 13.1. The summed E-state index contributed by atoms with van der Waals surface area (Å²) in [7, 11) is 1.32. The molecule has 0 radical (unpaired) electrons. The zero-order chi connectivity index (χ0) is 24.1. The number of hydrogen-bond donors (Lipinski definition) is 3. The van der Waals surface area contributed by atoms with Crippen molar-refractivity contribution in [3.63, 3.8) is 0 Å². The minimum atomic E-state index is -0.473. The lowest BCUT2D eigenvalue weighted by Crippen LogP contribution is -2.23. The zero-order valence-electron chi connectivity index (χ0n) is 19.0. The Kier molecular flexibility index (Phi) is 6.73. The monoisotopic (exact) mass is 455 g/mol. The molecular weight excluding hydrogens is 430 g/mol. The number of benzene rings is 3. The predicted octanol–water partition coefficient (Wildman–Crippen LogP) is 4.55. The molecule has 0 saturated carbocycles. The van der Waals surface area contributed by atoms with E-state index in [1.165, 1.54) is 7.11 Å². The van der Waals surface area contributed by atoms with E-state index in [1.807, 2.05) is 37.3 Å². The SMILES string of the molecule is CCCNC(=O)c1ccc(N/C(=C2\C(=O)Nc3cc(C(=O)OC)ccc32)c2ccccc2)cc1. The van der Waals surface area contributed by atoms with Crippen molar-refractivity contribution in [3.05, 3.63) is 95.1 Å². The van der Waals surface area contributed by atoms with Crippen LogP contribution >= 0.6 is 0 Å². The van der Waals surface area contributed by atoms with Gasteiger partial charge in [-0.1, -0.05) is 43.3 Å². The maximum absolute atomic E-state index is 13.1. The molecule has 0 aromatic heterocycles. The summed E-state index contributed by atoms with van der Waals surface area (Å²) in [5.74, 6) is -0.876. The quantitative estimate of drug-likeness (QED) is 0.359. The van der Waals surface area contributed by atoms with Crippen molar-refractivity contribution in [1.29, 1.82) is 0 Å². The fourth-order valence-electron chi connectivity index (χ4n) is 3.74. The average Bonchev–Trinajstić information content (AvgIpc) is 3.20. The van der Waals surface area contributed by atoms with Crippen molar-refractivity contribution < 1.29 is 19.1 Å². The van der Waals surface area contributed by atoms with Gasteiger partial charge in [0.15, 0.2) is 0 Å². The highest BCUT2D eigenvalue weighted by Gasteiger charge is 2.29. The standard InChI is InChI=1S/C27H25N3O4/c1-3-15-28-25(31)18-9-12-20(13-10-18)29-24(17-7-5-4-6-8-17)23-21-14-11-19(27(33)34-2)16-22(21)30-26(23)32/h4-14,16,29H,3,15H2,1-2H3,(H,28,31)(H,30,32)/b24-23-. The van der Waals surface area contributed by atoms with Gasteiger partial charge in [0.2, 0.25) is 0 Å². The van der Waals surface area contributed by atoms with Crippen LogP contribution in [0.2, 0.25) is 0 Å². The first-order valence-electron chi connectivity index (χ1n) is 11.0. The normalized spacial score (nSPS) is 13.5. The summed E-state index contributed by atoms with van der Waals surface area (Å²) in [6, 6.07) is 21.6. The number of rotatable bonds is 7. The fraction of sp³-hybridized carbons (Fsp3) is 0.148. The first-order valence-corrected chi connectivity index (χ1v) is 11.0. The van der Waals surface area contributed by atoms with Gasteiger partial charge in [-0.3, -0.25) is 9.59 Å². The molecule has 34 heavy (non-hydrogen) atoms. The number of nitrogens with one attached hydrogen (secondary N) is 3. The minimum Gasteiger partial charge on any atom is -0.465 e. The highest BCUT2D eigenvalue weighted by molar-refractivity contribution is 6.37. The summed E-state index contributed by atoms with van der Waals surface area (Å²) < 4.78 is 4.79. The lowest BCUT2D eigenvalue weighted by molar-refractivity contribution is -0.110. The number of carbonyl (C=O) groups is 3. The number of ether oxygens (including phenoxy) is 1. The van der Waals surface area contributed by atoms with Gasteiger partial charge in [0, 0.05) is 23.4 Å². The second-order valence-corrected chi connectivity index (χ2v) is 7.78. The smallest absolute Gasteiger partial charge is 0.337 e. The summed E-state index contributed by atoms with van der Waals surface area (Å²) in [4.78, 5) is 37.2. The molecule has 2 amide bonds. The molecule has 1 aliphatic heterocycles. The highest BCUT2D eigenvalue weighted by atomic mass is 16.5. The average molecular weight is 456 g/mol. The van der Waals surface area contributed by atoms with E-state index < -0.39 is 5.97 Å². The molecule has 0 saturated heterocycles. The Balaban J connectivity index is 1.73. The van der Waals surface area contributed by atoms with Gasteiger partial charge < -0.3 is 20.7 Å². The Labute approximate surface area is 197 Å². The van der Waals surface area contributed by atoms with Crippen molar-refractivity contribution in [3.8, 4) is 0 Å². The number of methoxy groups -OCH3 is 1. The van der Waals surface area contributed by atoms with E-state index in [4.69, 9.17) is 4.74 Å². The molecule has 1 aliphatic rings. The summed E-state index contributed by atoms with van der Waals surface area (Å²) >= 11 is 0. The van der Waals surface area contributed by atoms with E-state index in [9.17, 15) is 14.4 Å². The molecule has 0 aliphatic carbocycles.